The summed E-state index contributed by atoms with van der Waals surface area (Å²) >= 11 is 2.06. The first-order valence-corrected chi connectivity index (χ1v) is 8.12. The van der Waals surface area contributed by atoms with Crippen LogP contribution in [0.5, 0.6) is 11.5 Å². The molecule has 0 radical (unpaired) electrons. The molecule has 5 heteroatoms. The molecule has 2 N–H and O–H groups in total. The first kappa shape index (κ1) is 13.9. The summed E-state index contributed by atoms with van der Waals surface area (Å²) in [6.07, 6.45) is 0. The molecule has 4 nitrogen and oxygen atoms in total. The predicted molar refractivity (Wildman–Crippen MR) is 83.6 cm³/mol. The maximum absolute atomic E-state index is 6.16. The van der Waals surface area contributed by atoms with Crippen molar-refractivity contribution in [1.29, 1.82) is 0 Å². The van der Waals surface area contributed by atoms with Gasteiger partial charge < -0.3 is 15.2 Å². The van der Waals surface area contributed by atoms with Gasteiger partial charge in [-0.05, 0) is 11.6 Å². The van der Waals surface area contributed by atoms with Crippen LogP contribution in [0.2, 0.25) is 0 Å². The second-order valence-corrected chi connectivity index (χ2v) is 7.53. The minimum atomic E-state index is 0.601. The molecule has 110 valence electrons. The van der Waals surface area contributed by atoms with Crippen molar-refractivity contribution in [3.63, 3.8) is 0 Å². The Balaban J connectivity index is 1.76. The number of rotatable bonds is 2. The van der Waals surface area contributed by atoms with E-state index in [1.807, 2.05) is 12.1 Å². The number of nitrogens with zero attached hydrogens (tertiary/aromatic N) is 1. The van der Waals surface area contributed by atoms with Gasteiger partial charge in [-0.25, -0.2) is 0 Å². The van der Waals surface area contributed by atoms with Crippen molar-refractivity contribution in [2.45, 2.75) is 30.9 Å². The molecule has 0 aromatic heterocycles. The molecule has 1 saturated heterocycles. The average Bonchev–Trinajstić information content (AvgIpc) is 2.38. The number of nitrogen functional groups attached to an aromatic ring is 1. The van der Waals surface area contributed by atoms with E-state index in [0.717, 1.165) is 42.4 Å². The molecule has 2 heterocycles. The molecule has 1 aromatic rings. The van der Waals surface area contributed by atoms with Crippen LogP contribution in [0.3, 0.4) is 0 Å². The van der Waals surface area contributed by atoms with Crippen LogP contribution >= 0.6 is 11.8 Å². The van der Waals surface area contributed by atoms with Gasteiger partial charge in [0.25, 0.3) is 0 Å². The standard InChI is InChI=1S/C15H22N2O2S/c1-10-7-17(8-11(2)20-10)9-12-5-14-15(6-13(12)16)19-4-3-18-14/h5-6,10-11H,3-4,7-9,16H2,1-2H3. The van der Waals surface area contributed by atoms with Gasteiger partial charge in [0, 0.05) is 41.9 Å². The molecule has 2 aliphatic heterocycles. The number of anilines is 1. The maximum atomic E-state index is 6.16. The summed E-state index contributed by atoms with van der Waals surface area (Å²) in [5, 5.41) is 1.36. The Morgan fingerprint density at radius 2 is 1.75 bits per heavy atom. The van der Waals surface area contributed by atoms with Gasteiger partial charge in [0.05, 0.1) is 0 Å². The van der Waals surface area contributed by atoms with Crippen LogP contribution in [0.25, 0.3) is 0 Å². The van der Waals surface area contributed by atoms with Crippen LogP contribution in [-0.2, 0) is 6.54 Å². The lowest BCUT2D eigenvalue weighted by atomic mass is 10.1. The van der Waals surface area contributed by atoms with Crippen LogP contribution < -0.4 is 15.2 Å². The highest BCUT2D eigenvalue weighted by Gasteiger charge is 2.23. The van der Waals surface area contributed by atoms with E-state index in [9.17, 15) is 0 Å². The molecular weight excluding hydrogens is 272 g/mol. The molecule has 1 aromatic carbocycles. The van der Waals surface area contributed by atoms with E-state index in [2.05, 4.69) is 30.5 Å². The van der Waals surface area contributed by atoms with Gasteiger partial charge in [-0.1, -0.05) is 13.8 Å². The molecule has 0 bridgehead atoms. The highest BCUT2D eigenvalue weighted by Crippen LogP contribution is 2.35. The van der Waals surface area contributed by atoms with E-state index in [1.165, 1.54) is 0 Å². The summed E-state index contributed by atoms with van der Waals surface area (Å²) in [6.45, 7) is 8.92. The zero-order valence-electron chi connectivity index (χ0n) is 12.1. The SMILES string of the molecule is CC1CN(Cc2cc3c(cc2N)OCCO3)CC(C)S1. The van der Waals surface area contributed by atoms with Crippen LogP contribution in [0.15, 0.2) is 12.1 Å². The van der Waals surface area contributed by atoms with Crippen molar-refractivity contribution in [2.24, 2.45) is 0 Å². The number of nitrogens with two attached hydrogens (primary N) is 1. The van der Waals surface area contributed by atoms with E-state index >= 15 is 0 Å². The third kappa shape index (κ3) is 2.99. The number of ether oxygens (including phenoxy) is 2. The van der Waals surface area contributed by atoms with Crippen molar-refractivity contribution in [3.8, 4) is 11.5 Å². The summed E-state index contributed by atoms with van der Waals surface area (Å²) in [4.78, 5) is 2.48. The zero-order valence-corrected chi connectivity index (χ0v) is 12.9. The Morgan fingerprint density at radius 3 is 2.40 bits per heavy atom. The maximum Gasteiger partial charge on any atom is 0.163 e. The van der Waals surface area contributed by atoms with Crippen molar-refractivity contribution < 1.29 is 9.47 Å². The monoisotopic (exact) mass is 294 g/mol. The first-order valence-electron chi connectivity index (χ1n) is 7.17. The molecule has 2 aliphatic rings. The van der Waals surface area contributed by atoms with Gasteiger partial charge in [-0.3, -0.25) is 4.90 Å². The zero-order chi connectivity index (χ0) is 14.1. The highest BCUT2D eigenvalue weighted by atomic mass is 32.2. The molecule has 0 saturated carbocycles. The Labute approximate surface area is 124 Å². The summed E-state index contributed by atoms with van der Waals surface area (Å²) in [5.74, 6) is 1.60. The minimum Gasteiger partial charge on any atom is -0.486 e. The van der Waals surface area contributed by atoms with Gasteiger partial charge >= 0.3 is 0 Å². The van der Waals surface area contributed by atoms with Gasteiger partial charge in [0.2, 0.25) is 0 Å². The van der Waals surface area contributed by atoms with E-state index in [4.69, 9.17) is 15.2 Å². The predicted octanol–water partition coefficient (Wildman–Crippen LogP) is 2.37. The average molecular weight is 294 g/mol. The topological polar surface area (TPSA) is 47.7 Å². The van der Waals surface area contributed by atoms with Gasteiger partial charge in [-0.15, -0.1) is 0 Å². The minimum absolute atomic E-state index is 0.601. The van der Waals surface area contributed by atoms with E-state index in [1.54, 1.807) is 0 Å². The Kier molecular flexibility index (Phi) is 3.98. The number of fused-ring (bicyclic) bond motifs is 1. The molecule has 0 amide bonds. The largest absolute Gasteiger partial charge is 0.486 e. The number of hydrogen-bond acceptors (Lipinski definition) is 5. The summed E-state index contributed by atoms with van der Waals surface area (Å²) in [6, 6.07) is 3.94. The van der Waals surface area contributed by atoms with E-state index in [0.29, 0.717) is 23.7 Å². The first-order chi connectivity index (χ1) is 9.61. The number of benzene rings is 1. The fourth-order valence-electron chi connectivity index (χ4n) is 2.94. The Hall–Kier alpha value is -1.07. The van der Waals surface area contributed by atoms with Crippen molar-refractivity contribution in [1.82, 2.24) is 4.90 Å². The fourth-order valence-corrected chi connectivity index (χ4v) is 4.32. The molecule has 1 fully saturated rings. The third-order valence-electron chi connectivity index (χ3n) is 3.69. The van der Waals surface area contributed by atoms with Crippen molar-refractivity contribution in [2.75, 3.05) is 32.0 Å². The van der Waals surface area contributed by atoms with E-state index in [-0.39, 0.29) is 0 Å². The van der Waals surface area contributed by atoms with Gasteiger partial charge in [0.15, 0.2) is 11.5 Å². The highest BCUT2D eigenvalue weighted by molar-refractivity contribution is 8.00. The molecule has 2 atom stereocenters. The summed E-state index contributed by atoms with van der Waals surface area (Å²) < 4.78 is 11.2. The van der Waals surface area contributed by atoms with Crippen molar-refractivity contribution >= 4 is 17.4 Å². The third-order valence-corrected chi connectivity index (χ3v) is 4.92. The second kappa shape index (κ2) is 5.74. The quantitative estimate of drug-likeness (QED) is 0.849. The lowest BCUT2D eigenvalue weighted by molar-refractivity contribution is 0.171. The summed E-state index contributed by atoms with van der Waals surface area (Å²) in [7, 11) is 0. The van der Waals surface area contributed by atoms with Crippen LogP contribution in [-0.4, -0.2) is 41.7 Å². The van der Waals surface area contributed by atoms with E-state index < -0.39 is 0 Å². The van der Waals surface area contributed by atoms with Gasteiger partial charge in [0.1, 0.15) is 13.2 Å². The fraction of sp³-hybridized carbons (Fsp3) is 0.600. The lowest BCUT2D eigenvalue weighted by Crippen LogP contribution is -2.39. The summed E-state index contributed by atoms with van der Waals surface area (Å²) in [5.41, 5.74) is 8.10. The normalized spacial score (nSPS) is 26.5. The van der Waals surface area contributed by atoms with Crippen molar-refractivity contribution in [3.05, 3.63) is 17.7 Å². The Bertz CT molecular complexity index is 485. The molecule has 0 spiro atoms. The van der Waals surface area contributed by atoms with Crippen LogP contribution in [0.4, 0.5) is 5.69 Å². The molecular formula is C15H22N2O2S. The molecule has 3 rings (SSSR count). The number of thioether (sulfide) groups is 1. The molecule has 2 unspecified atom stereocenters. The molecule has 0 aliphatic carbocycles. The van der Waals surface area contributed by atoms with Gasteiger partial charge in [-0.2, -0.15) is 11.8 Å². The lowest BCUT2D eigenvalue weighted by Gasteiger charge is -2.35. The number of hydrogen-bond donors (Lipinski definition) is 1. The smallest absolute Gasteiger partial charge is 0.163 e. The molecule has 20 heavy (non-hydrogen) atoms. The van der Waals surface area contributed by atoms with Crippen LogP contribution in [0.1, 0.15) is 19.4 Å². The Morgan fingerprint density at radius 1 is 1.15 bits per heavy atom. The second-order valence-electron chi connectivity index (χ2n) is 5.65. The van der Waals surface area contributed by atoms with Crippen LogP contribution in [0, 0.1) is 0 Å².